The Kier molecular flexibility index (Phi) is 40.0. The van der Waals surface area contributed by atoms with Crippen molar-refractivity contribution >= 4 is 7.82 Å². The van der Waals surface area contributed by atoms with Crippen molar-refractivity contribution in [3.8, 4) is 0 Å². The molecule has 252 valence electrons. The molecule has 5 N–H and O–H groups in total. The van der Waals surface area contributed by atoms with Crippen molar-refractivity contribution in [2.24, 2.45) is 11.8 Å². The quantitative estimate of drug-likeness (QED) is 0.0471. The lowest BCUT2D eigenvalue weighted by Crippen LogP contribution is -2.30. The van der Waals surface area contributed by atoms with Crippen molar-refractivity contribution in [3.05, 3.63) is 0 Å². The zero-order chi connectivity index (χ0) is 31.6. The molecule has 0 aliphatic rings. The van der Waals surface area contributed by atoms with E-state index >= 15 is 0 Å². The smallest absolute Gasteiger partial charge is 0.395 e. The highest BCUT2D eigenvalue weighted by Gasteiger charge is 2.09. The summed E-state index contributed by atoms with van der Waals surface area (Å²) in [7, 11) is -4.64. The molecule has 0 aromatic heterocycles. The Morgan fingerprint density at radius 2 is 0.902 bits per heavy atom. The lowest BCUT2D eigenvalue weighted by Gasteiger charge is -2.19. The zero-order valence-corrected chi connectivity index (χ0v) is 28.7. The number of hydrogen-bond acceptors (Lipinski definition) is 5. The summed E-state index contributed by atoms with van der Waals surface area (Å²) in [5.74, 6) is 1.58. The number of ether oxygens (including phenoxy) is 1. The van der Waals surface area contributed by atoms with Gasteiger partial charge in [0, 0.05) is 26.3 Å². The third kappa shape index (κ3) is 44.5. The van der Waals surface area contributed by atoms with Gasteiger partial charge in [0.1, 0.15) is 0 Å². The van der Waals surface area contributed by atoms with Gasteiger partial charge in [-0.1, -0.05) is 131 Å². The standard InChI is InChI=1S/C16H35NO2.C16H34O.H3O4P/c1-2-3-4-5-6-7-8-9-10-11-12-17(13-15-18)14-16-19;1-5-9-11-15(7-3)13-17-14-16(8-4)12-10-6-2;1-5(2,3)4/h18-19H,2-16H2,1H3;15-16H,5-14H2,1-4H3;(H3,1,2,3,4). The maximum Gasteiger partial charge on any atom is 0.466 e. The average molecular weight is 614 g/mol. The Labute approximate surface area is 254 Å². The molecule has 0 amide bonds. The van der Waals surface area contributed by atoms with Crippen LogP contribution in [0.15, 0.2) is 0 Å². The van der Waals surface area contributed by atoms with Gasteiger partial charge >= 0.3 is 7.82 Å². The molecule has 0 saturated carbocycles. The number of aliphatic hydroxyl groups is 2. The third-order valence-electron chi connectivity index (χ3n) is 7.45. The second-order valence-corrected chi connectivity index (χ2v) is 12.4. The van der Waals surface area contributed by atoms with Crippen LogP contribution < -0.4 is 0 Å². The second-order valence-electron chi connectivity index (χ2n) is 11.4. The molecule has 0 saturated heterocycles. The first-order valence-electron chi connectivity index (χ1n) is 16.9. The Hall–Kier alpha value is -0.0500. The van der Waals surface area contributed by atoms with Crippen molar-refractivity contribution in [1.82, 2.24) is 4.90 Å². The zero-order valence-electron chi connectivity index (χ0n) is 27.8. The molecule has 9 heteroatoms. The molecule has 2 unspecified atom stereocenters. The van der Waals surface area contributed by atoms with E-state index in [1.54, 1.807) is 0 Å². The van der Waals surface area contributed by atoms with Crippen LogP contribution in [0.1, 0.15) is 150 Å². The number of hydrogen-bond donors (Lipinski definition) is 5. The first kappa shape index (κ1) is 45.4. The Morgan fingerprint density at radius 1 is 0.561 bits per heavy atom. The highest BCUT2D eigenvalue weighted by molar-refractivity contribution is 7.45. The van der Waals surface area contributed by atoms with E-state index in [-0.39, 0.29) is 13.2 Å². The predicted molar refractivity (Wildman–Crippen MR) is 174 cm³/mol. The van der Waals surface area contributed by atoms with Crippen molar-refractivity contribution in [1.29, 1.82) is 0 Å². The molecule has 0 fully saturated rings. The lowest BCUT2D eigenvalue weighted by atomic mass is 9.99. The van der Waals surface area contributed by atoms with Crippen LogP contribution in [-0.4, -0.2) is 75.9 Å². The van der Waals surface area contributed by atoms with Gasteiger partial charge in [-0.15, -0.1) is 0 Å². The topological polar surface area (TPSA) is 131 Å². The van der Waals surface area contributed by atoms with Crippen LogP contribution in [0, 0.1) is 11.8 Å². The van der Waals surface area contributed by atoms with Gasteiger partial charge in [0.05, 0.1) is 13.2 Å². The summed E-state index contributed by atoms with van der Waals surface area (Å²) in [6.07, 6.45) is 24.1. The van der Waals surface area contributed by atoms with E-state index in [1.165, 1.54) is 116 Å². The monoisotopic (exact) mass is 614 g/mol. The summed E-state index contributed by atoms with van der Waals surface area (Å²) >= 11 is 0. The first-order valence-corrected chi connectivity index (χ1v) is 18.5. The van der Waals surface area contributed by atoms with Crippen LogP contribution in [0.3, 0.4) is 0 Å². The molecular weight excluding hydrogens is 541 g/mol. The highest BCUT2D eigenvalue weighted by Crippen LogP contribution is 2.25. The molecule has 0 aliphatic heterocycles. The second kappa shape index (κ2) is 36.1. The van der Waals surface area contributed by atoms with Gasteiger partial charge in [-0.25, -0.2) is 4.57 Å². The van der Waals surface area contributed by atoms with Crippen LogP contribution in [-0.2, 0) is 9.30 Å². The number of unbranched alkanes of at least 4 members (excludes halogenated alkanes) is 11. The summed E-state index contributed by atoms with van der Waals surface area (Å²) in [6.45, 7) is 16.1. The van der Waals surface area contributed by atoms with Crippen LogP contribution >= 0.6 is 7.82 Å². The minimum Gasteiger partial charge on any atom is -0.395 e. The molecule has 8 nitrogen and oxygen atoms in total. The number of aliphatic hydroxyl groups excluding tert-OH is 2. The van der Waals surface area contributed by atoms with E-state index in [1.807, 2.05) is 0 Å². The third-order valence-corrected chi connectivity index (χ3v) is 7.45. The Bertz CT molecular complexity index is 492. The van der Waals surface area contributed by atoms with E-state index in [9.17, 15) is 0 Å². The van der Waals surface area contributed by atoms with E-state index in [0.717, 1.165) is 31.6 Å². The van der Waals surface area contributed by atoms with E-state index < -0.39 is 7.82 Å². The molecular formula is C32H72NO7P. The predicted octanol–water partition coefficient (Wildman–Crippen LogP) is 7.70. The highest BCUT2D eigenvalue weighted by atomic mass is 31.2. The fraction of sp³-hybridized carbons (Fsp3) is 1.00. The van der Waals surface area contributed by atoms with Crippen LogP contribution in [0.25, 0.3) is 0 Å². The van der Waals surface area contributed by atoms with E-state index in [4.69, 9.17) is 34.2 Å². The number of phosphoric acid groups is 1. The molecule has 2 atom stereocenters. The minimum atomic E-state index is -4.64. The maximum absolute atomic E-state index is 8.90. The van der Waals surface area contributed by atoms with Crippen molar-refractivity contribution < 1.29 is 34.2 Å². The van der Waals surface area contributed by atoms with Gasteiger partial charge in [-0.2, -0.15) is 0 Å². The van der Waals surface area contributed by atoms with Gasteiger partial charge in [-0.3, -0.25) is 4.90 Å². The van der Waals surface area contributed by atoms with Crippen molar-refractivity contribution in [2.45, 2.75) is 150 Å². The molecule has 41 heavy (non-hydrogen) atoms. The summed E-state index contributed by atoms with van der Waals surface area (Å²) in [4.78, 5) is 23.7. The van der Waals surface area contributed by atoms with Crippen molar-refractivity contribution in [3.63, 3.8) is 0 Å². The van der Waals surface area contributed by atoms with Crippen LogP contribution in [0.4, 0.5) is 0 Å². The average Bonchev–Trinajstić information content (AvgIpc) is 2.93. The van der Waals surface area contributed by atoms with Crippen LogP contribution in [0.2, 0.25) is 0 Å². The van der Waals surface area contributed by atoms with Gasteiger partial charge < -0.3 is 29.6 Å². The molecule has 0 heterocycles. The molecule has 0 aromatic rings. The maximum atomic E-state index is 8.90. The Balaban J connectivity index is -0.000000606. The molecule has 0 aromatic carbocycles. The fourth-order valence-electron chi connectivity index (χ4n) is 4.64. The normalized spacial score (nSPS) is 12.9. The summed E-state index contributed by atoms with van der Waals surface area (Å²) < 4.78 is 14.8. The van der Waals surface area contributed by atoms with E-state index in [2.05, 4.69) is 39.5 Å². The van der Waals surface area contributed by atoms with Gasteiger partial charge in [-0.05, 0) is 37.6 Å². The Morgan fingerprint density at radius 3 is 1.22 bits per heavy atom. The van der Waals surface area contributed by atoms with Gasteiger partial charge in [0.15, 0.2) is 0 Å². The summed E-state index contributed by atoms with van der Waals surface area (Å²) in [5.41, 5.74) is 0. The lowest BCUT2D eigenvalue weighted by molar-refractivity contribution is 0.0630. The summed E-state index contributed by atoms with van der Waals surface area (Å²) in [5, 5.41) is 17.8. The van der Waals surface area contributed by atoms with Crippen molar-refractivity contribution in [2.75, 3.05) is 46.1 Å². The number of nitrogens with zero attached hydrogens (tertiary/aromatic N) is 1. The molecule has 0 rings (SSSR count). The van der Waals surface area contributed by atoms with E-state index in [0.29, 0.717) is 13.1 Å². The molecule has 0 spiro atoms. The largest absolute Gasteiger partial charge is 0.466 e. The SMILES string of the molecule is CCCCC(CC)COCC(CC)CCCC.CCCCCCCCCCCCN(CCO)CCO.O=P(O)(O)O. The van der Waals surface area contributed by atoms with Gasteiger partial charge in [0.25, 0.3) is 0 Å². The van der Waals surface area contributed by atoms with Crippen LogP contribution in [0.5, 0.6) is 0 Å². The number of rotatable bonds is 27. The van der Waals surface area contributed by atoms with Gasteiger partial charge in [0.2, 0.25) is 0 Å². The molecule has 0 radical (unpaired) electrons. The molecule has 0 aliphatic carbocycles. The minimum absolute atomic E-state index is 0.192. The first-order chi connectivity index (χ1) is 19.6. The molecule has 0 bridgehead atoms. The fourth-order valence-corrected chi connectivity index (χ4v) is 4.64. The summed E-state index contributed by atoms with van der Waals surface area (Å²) in [6, 6.07) is 0.